The van der Waals surface area contributed by atoms with Gasteiger partial charge in [0, 0.05) is 17.2 Å². The number of aromatic nitrogens is 1. The number of fused-ring (bicyclic) bond motifs is 1. The number of para-hydroxylation sites is 1. The third kappa shape index (κ3) is 4.31. The van der Waals surface area contributed by atoms with Gasteiger partial charge in [0.25, 0.3) is 0 Å². The highest BCUT2D eigenvalue weighted by molar-refractivity contribution is 8.00. The summed E-state index contributed by atoms with van der Waals surface area (Å²) in [5, 5.41) is 4.77. The standard InChI is InChI=1S/C20H20N2O2S2/c1-12-5-4-6-16-13(2)9-19(22-20(12)16)25-11-17(24)18-8-7-15(26-18)10-21-14(3)23/h4-9H,10-11H2,1-3H3,(H,21,23). The molecule has 6 heteroatoms. The minimum Gasteiger partial charge on any atom is -0.351 e. The van der Waals surface area contributed by atoms with Crippen molar-refractivity contribution in [3.63, 3.8) is 0 Å². The molecule has 0 saturated heterocycles. The average molecular weight is 385 g/mol. The van der Waals surface area contributed by atoms with Crippen LogP contribution in [0.4, 0.5) is 0 Å². The topological polar surface area (TPSA) is 59.1 Å². The number of thiophene rings is 1. The van der Waals surface area contributed by atoms with Crippen molar-refractivity contribution in [2.45, 2.75) is 32.3 Å². The third-order valence-corrected chi connectivity index (χ3v) is 6.06. The van der Waals surface area contributed by atoms with Gasteiger partial charge in [0.05, 0.1) is 27.7 Å². The Labute approximate surface area is 161 Å². The molecule has 0 aliphatic heterocycles. The molecule has 1 N–H and O–H groups in total. The Morgan fingerprint density at radius 1 is 1.15 bits per heavy atom. The minimum absolute atomic E-state index is 0.0742. The van der Waals surface area contributed by atoms with E-state index in [1.165, 1.54) is 35.6 Å². The minimum atomic E-state index is -0.0742. The number of Topliss-reactive ketones (excluding diaryl/α,β-unsaturated/α-hetero) is 1. The average Bonchev–Trinajstić information content (AvgIpc) is 3.08. The van der Waals surface area contributed by atoms with Crippen LogP contribution in [0.1, 0.15) is 32.6 Å². The first kappa shape index (κ1) is 18.6. The number of nitrogens with zero attached hydrogens (tertiary/aromatic N) is 1. The van der Waals surface area contributed by atoms with Crippen molar-refractivity contribution in [2.24, 2.45) is 0 Å². The maximum atomic E-state index is 12.5. The first-order valence-corrected chi connectivity index (χ1v) is 10.1. The fourth-order valence-corrected chi connectivity index (χ4v) is 4.48. The highest BCUT2D eigenvalue weighted by atomic mass is 32.2. The van der Waals surface area contributed by atoms with Gasteiger partial charge in [-0.15, -0.1) is 11.3 Å². The molecular formula is C20H20N2O2S2. The van der Waals surface area contributed by atoms with E-state index in [0.29, 0.717) is 17.2 Å². The third-order valence-electron chi connectivity index (χ3n) is 4.02. The lowest BCUT2D eigenvalue weighted by molar-refractivity contribution is -0.119. The molecule has 134 valence electrons. The van der Waals surface area contributed by atoms with E-state index in [0.717, 1.165) is 26.4 Å². The molecule has 0 saturated carbocycles. The Morgan fingerprint density at radius 3 is 2.73 bits per heavy atom. The summed E-state index contributed by atoms with van der Waals surface area (Å²) in [6, 6.07) is 11.9. The number of rotatable bonds is 6. The number of amides is 1. The van der Waals surface area contributed by atoms with E-state index in [1.54, 1.807) is 0 Å². The summed E-state index contributed by atoms with van der Waals surface area (Å²) in [6.07, 6.45) is 0. The number of thioether (sulfide) groups is 1. The van der Waals surface area contributed by atoms with Gasteiger partial charge in [-0.3, -0.25) is 9.59 Å². The Bertz CT molecular complexity index is 979. The van der Waals surface area contributed by atoms with Crippen LogP contribution in [0.15, 0.2) is 41.4 Å². The predicted octanol–water partition coefficient (Wildman–Crippen LogP) is 4.52. The lowest BCUT2D eigenvalue weighted by atomic mass is 10.1. The Hall–Kier alpha value is -2.18. The maximum Gasteiger partial charge on any atom is 0.217 e. The summed E-state index contributed by atoms with van der Waals surface area (Å²) in [7, 11) is 0. The first-order valence-electron chi connectivity index (χ1n) is 8.30. The zero-order valence-electron chi connectivity index (χ0n) is 15.0. The number of pyridine rings is 1. The van der Waals surface area contributed by atoms with Gasteiger partial charge in [-0.1, -0.05) is 30.0 Å². The van der Waals surface area contributed by atoms with Gasteiger partial charge in [-0.25, -0.2) is 4.98 Å². The summed E-state index contributed by atoms with van der Waals surface area (Å²) in [6.45, 7) is 6.07. The molecular weight excluding hydrogens is 364 g/mol. The second kappa shape index (κ2) is 8.01. The van der Waals surface area contributed by atoms with Crippen molar-refractivity contribution in [1.29, 1.82) is 0 Å². The molecule has 0 unspecified atom stereocenters. The highest BCUT2D eigenvalue weighted by Gasteiger charge is 2.12. The zero-order valence-corrected chi connectivity index (χ0v) is 16.6. The molecule has 1 amide bonds. The number of ketones is 1. The van der Waals surface area contributed by atoms with Gasteiger partial charge in [0.15, 0.2) is 5.78 Å². The van der Waals surface area contributed by atoms with Gasteiger partial charge in [-0.2, -0.15) is 0 Å². The first-order chi connectivity index (χ1) is 12.4. The molecule has 0 radical (unpaired) electrons. The van der Waals surface area contributed by atoms with Crippen molar-refractivity contribution in [3.8, 4) is 0 Å². The van der Waals surface area contributed by atoms with Crippen molar-refractivity contribution in [3.05, 3.63) is 57.3 Å². The van der Waals surface area contributed by atoms with Crippen molar-refractivity contribution >= 4 is 45.7 Å². The lowest BCUT2D eigenvalue weighted by Crippen LogP contribution is -2.18. The van der Waals surface area contributed by atoms with Gasteiger partial charge < -0.3 is 5.32 Å². The Kier molecular flexibility index (Phi) is 5.74. The highest BCUT2D eigenvalue weighted by Crippen LogP contribution is 2.27. The smallest absolute Gasteiger partial charge is 0.217 e. The summed E-state index contributed by atoms with van der Waals surface area (Å²) >= 11 is 2.89. The van der Waals surface area contributed by atoms with Crippen molar-refractivity contribution in [1.82, 2.24) is 10.3 Å². The number of hydrogen-bond acceptors (Lipinski definition) is 5. The van der Waals surface area contributed by atoms with Gasteiger partial charge in [-0.05, 0) is 43.2 Å². The number of carbonyl (C=O) groups is 2. The van der Waals surface area contributed by atoms with Crippen molar-refractivity contribution in [2.75, 3.05) is 5.75 Å². The number of nitrogens with one attached hydrogen (secondary N) is 1. The molecule has 0 aliphatic carbocycles. The van der Waals surface area contributed by atoms with Crippen LogP contribution in [-0.4, -0.2) is 22.4 Å². The van der Waals surface area contributed by atoms with Crippen LogP contribution in [0.5, 0.6) is 0 Å². The molecule has 26 heavy (non-hydrogen) atoms. The molecule has 0 fully saturated rings. The van der Waals surface area contributed by atoms with Gasteiger partial charge in [0.2, 0.25) is 5.91 Å². The summed E-state index contributed by atoms with van der Waals surface area (Å²) in [4.78, 5) is 29.8. The molecule has 0 aliphatic rings. The van der Waals surface area contributed by atoms with Gasteiger partial charge in [0.1, 0.15) is 0 Å². The number of carbonyl (C=O) groups excluding carboxylic acids is 2. The predicted molar refractivity (Wildman–Crippen MR) is 108 cm³/mol. The lowest BCUT2D eigenvalue weighted by Gasteiger charge is -2.07. The molecule has 3 rings (SSSR count). The molecule has 3 aromatic rings. The SMILES string of the molecule is CC(=O)NCc1ccc(C(=O)CSc2cc(C)c3cccc(C)c3n2)s1. The Balaban J connectivity index is 1.69. The van der Waals surface area contributed by atoms with E-state index in [1.807, 2.05) is 24.3 Å². The van der Waals surface area contributed by atoms with Crippen LogP contribution in [0.3, 0.4) is 0 Å². The monoisotopic (exact) mass is 384 g/mol. The van der Waals surface area contributed by atoms with Crippen LogP contribution >= 0.6 is 23.1 Å². The van der Waals surface area contributed by atoms with Crippen molar-refractivity contribution < 1.29 is 9.59 Å². The van der Waals surface area contributed by atoms with Crippen LogP contribution in [0.25, 0.3) is 10.9 Å². The van der Waals surface area contributed by atoms with Crippen LogP contribution in [0.2, 0.25) is 0 Å². The molecule has 2 aromatic heterocycles. The zero-order chi connectivity index (χ0) is 18.7. The fraction of sp³-hybridized carbons (Fsp3) is 0.250. The van der Waals surface area contributed by atoms with Crippen LogP contribution in [0, 0.1) is 13.8 Å². The Morgan fingerprint density at radius 2 is 1.96 bits per heavy atom. The van der Waals surface area contributed by atoms with E-state index >= 15 is 0 Å². The molecule has 1 aromatic carbocycles. The van der Waals surface area contributed by atoms with E-state index < -0.39 is 0 Å². The molecule has 0 atom stereocenters. The van der Waals surface area contributed by atoms with Gasteiger partial charge >= 0.3 is 0 Å². The maximum absolute atomic E-state index is 12.5. The number of hydrogen-bond donors (Lipinski definition) is 1. The number of benzene rings is 1. The number of aryl methyl sites for hydroxylation is 2. The van der Waals surface area contributed by atoms with E-state index in [4.69, 9.17) is 4.98 Å². The summed E-state index contributed by atoms with van der Waals surface area (Å²) < 4.78 is 0. The van der Waals surface area contributed by atoms with E-state index in [9.17, 15) is 9.59 Å². The van der Waals surface area contributed by atoms with Crippen LogP contribution in [-0.2, 0) is 11.3 Å². The molecule has 0 spiro atoms. The fourth-order valence-electron chi connectivity index (χ4n) is 2.65. The van der Waals surface area contributed by atoms with E-state index in [-0.39, 0.29) is 11.7 Å². The van der Waals surface area contributed by atoms with Crippen LogP contribution < -0.4 is 5.32 Å². The summed E-state index contributed by atoms with van der Waals surface area (Å²) in [5.41, 5.74) is 3.30. The normalized spacial score (nSPS) is 10.9. The summed E-state index contributed by atoms with van der Waals surface area (Å²) in [5.74, 6) is 0.359. The van der Waals surface area contributed by atoms with E-state index in [2.05, 4.69) is 31.3 Å². The second-order valence-corrected chi connectivity index (χ2v) is 8.30. The largest absolute Gasteiger partial charge is 0.351 e. The molecule has 2 heterocycles. The quantitative estimate of drug-likeness (QED) is 0.501. The molecule has 4 nitrogen and oxygen atoms in total. The second-order valence-electron chi connectivity index (χ2n) is 6.14. The molecule has 0 bridgehead atoms.